The van der Waals surface area contributed by atoms with E-state index in [9.17, 15) is 4.79 Å². The van der Waals surface area contributed by atoms with E-state index < -0.39 is 0 Å². The maximum atomic E-state index is 12.0. The summed E-state index contributed by atoms with van der Waals surface area (Å²) in [7, 11) is 3.18. The molecule has 1 aromatic carbocycles. The highest BCUT2D eigenvalue weighted by Crippen LogP contribution is 2.29. The zero-order valence-electron chi connectivity index (χ0n) is 12.2. The van der Waals surface area contributed by atoms with Gasteiger partial charge in [0.15, 0.2) is 0 Å². The summed E-state index contributed by atoms with van der Waals surface area (Å²) in [5.41, 5.74) is 1.46. The molecule has 1 rings (SSSR count). The molecule has 0 saturated carbocycles. The van der Waals surface area contributed by atoms with E-state index in [1.807, 2.05) is 6.92 Å². The van der Waals surface area contributed by atoms with Crippen LogP contribution in [0.3, 0.4) is 0 Å². The van der Waals surface area contributed by atoms with Gasteiger partial charge in [-0.15, -0.1) is 0 Å². The summed E-state index contributed by atoms with van der Waals surface area (Å²) in [6.45, 7) is 4.74. The smallest absolute Gasteiger partial charge is 0.251 e. The van der Waals surface area contributed by atoms with Crippen LogP contribution in [0.15, 0.2) is 12.1 Å². The van der Waals surface area contributed by atoms with Crippen LogP contribution in [0, 0.1) is 6.92 Å². The number of carbonyl (C=O) groups is 1. The first kappa shape index (κ1) is 15.3. The van der Waals surface area contributed by atoms with Crippen LogP contribution in [0.1, 0.15) is 42.1 Å². The minimum atomic E-state index is -0.0901. The molecule has 0 atom stereocenters. The molecule has 0 radical (unpaired) electrons. The van der Waals surface area contributed by atoms with Crippen molar-refractivity contribution in [2.75, 3.05) is 20.8 Å². The average molecular weight is 265 g/mol. The number of unbranched alkanes of at least 4 members (excludes halogenated alkanes) is 2. The minimum Gasteiger partial charge on any atom is -0.496 e. The Morgan fingerprint density at radius 3 is 2.21 bits per heavy atom. The van der Waals surface area contributed by atoms with E-state index in [0.717, 1.165) is 24.8 Å². The van der Waals surface area contributed by atoms with Gasteiger partial charge < -0.3 is 14.8 Å². The monoisotopic (exact) mass is 265 g/mol. The molecule has 1 aromatic rings. The lowest BCUT2D eigenvalue weighted by molar-refractivity contribution is 0.0952. The minimum absolute atomic E-state index is 0.0901. The van der Waals surface area contributed by atoms with Crippen molar-refractivity contribution in [2.45, 2.75) is 33.1 Å². The number of nitrogens with one attached hydrogen (secondary N) is 1. The molecule has 1 amide bonds. The summed E-state index contributed by atoms with van der Waals surface area (Å²) in [6.07, 6.45) is 3.27. The fourth-order valence-corrected chi connectivity index (χ4v) is 1.90. The van der Waals surface area contributed by atoms with Gasteiger partial charge in [0.2, 0.25) is 0 Å². The van der Waals surface area contributed by atoms with Gasteiger partial charge in [-0.1, -0.05) is 19.8 Å². The third-order valence-corrected chi connectivity index (χ3v) is 3.08. The molecule has 4 nitrogen and oxygen atoms in total. The Kier molecular flexibility index (Phi) is 6.19. The van der Waals surface area contributed by atoms with Gasteiger partial charge in [0, 0.05) is 17.7 Å². The molecule has 0 aliphatic rings. The van der Waals surface area contributed by atoms with Crippen molar-refractivity contribution >= 4 is 5.91 Å². The van der Waals surface area contributed by atoms with Crippen molar-refractivity contribution in [1.29, 1.82) is 0 Å². The first-order valence-electron chi connectivity index (χ1n) is 6.64. The van der Waals surface area contributed by atoms with E-state index in [1.165, 1.54) is 0 Å². The maximum Gasteiger partial charge on any atom is 0.251 e. The molecule has 0 heterocycles. The van der Waals surface area contributed by atoms with Gasteiger partial charge in [-0.3, -0.25) is 4.79 Å². The van der Waals surface area contributed by atoms with Crippen LogP contribution >= 0.6 is 0 Å². The van der Waals surface area contributed by atoms with Crippen LogP contribution in [0.5, 0.6) is 11.5 Å². The highest BCUT2D eigenvalue weighted by molar-refractivity contribution is 5.95. The second kappa shape index (κ2) is 7.67. The number of benzene rings is 1. The fourth-order valence-electron chi connectivity index (χ4n) is 1.90. The summed E-state index contributed by atoms with van der Waals surface area (Å²) >= 11 is 0. The van der Waals surface area contributed by atoms with E-state index in [0.29, 0.717) is 23.6 Å². The number of methoxy groups -OCH3 is 2. The molecular weight excluding hydrogens is 242 g/mol. The molecule has 106 valence electrons. The van der Waals surface area contributed by atoms with Gasteiger partial charge in [0.25, 0.3) is 5.91 Å². The van der Waals surface area contributed by atoms with Crippen LogP contribution in [0.4, 0.5) is 0 Å². The van der Waals surface area contributed by atoms with Gasteiger partial charge in [-0.05, 0) is 25.5 Å². The molecule has 0 aliphatic carbocycles. The molecule has 0 aromatic heterocycles. The Bertz CT molecular complexity index is 404. The number of ether oxygens (including phenoxy) is 2. The summed E-state index contributed by atoms with van der Waals surface area (Å²) in [4.78, 5) is 12.0. The third-order valence-electron chi connectivity index (χ3n) is 3.08. The quantitative estimate of drug-likeness (QED) is 0.771. The molecule has 0 unspecified atom stereocenters. The first-order valence-corrected chi connectivity index (χ1v) is 6.64. The van der Waals surface area contributed by atoms with Crippen molar-refractivity contribution in [3.8, 4) is 11.5 Å². The van der Waals surface area contributed by atoms with Crippen molar-refractivity contribution < 1.29 is 14.3 Å². The van der Waals surface area contributed by atoms with Gasteiger partial charge >= 0.3 is 0 Å². The SMILES string of the molecule is CCCCCNC(=O)c1cc(OC)c(C)c(OC)c1. The van der Waals surface area contributed by atoms with Crippen LogP contribution in [0.25, 0.3) is 0 Å². The average Bonchev–Trinajstić information content (AvgIpc) is 2.43. The summed E-state index contributed by atoms with van der Waals surface area (Å²) < 4.78 is 10.5. The lowest BCUT2D eigenvalue weighted by atomic mass is 10.1. The fraction of sp³-hybridized carbons (Fsp3) is 0.533. The van der Waals surface area contributed by atoms with Crippen molar-refractivity contribution in [1.82, 2.24) is 5.32 Å². The van der Waals surface area contributed by atoms with E-state index in [-0.39, 0.29) is 5.91 Å². The van der Waals surface area contributed by atoms with E-state index in [2.05, 4.69) is 12.2 Å². The largest absolute Gasteiger partial charge is 0.496 e. The Hall–Kier alpha value is -1.71. The molecular formula is C15H23NO3. The molecule has 0 saturated heterocycles. The van der Waals surface area contributed by atoms with Crippen molar-refractivity contribution in [2.24, 2.45) is 0 Å². The molecule has 19 heavy (non-hydrogen) atoms. The molecule has 1 N–H and O–H groups in total. The third kappa shape index (κ3) is 4.16. The normalized spacial score (nSPS) is 10.1. The lowest BCUT2D eigenvalue weighted by Crippen LogP contribution is -2.24. The van der Waals surface area contributed by atoms with Crippen molar-refractivity contribution in [3.05, 3.63) is 23.3 Å². The predicted molar refractivity (Wildman–Crippen MR) is 76.1 cm³/mol. The van der Waals surface area contributed by atoms with Crippen LogP contribution in [-0.2, 0) is 0 Å². The first-order chi connectivity index (χ1) is 9.13. The predicted octanol–water partition coefficient (Wildman–Crippen LogP) is 2.93. The number of hydrogen-bond acceptors (Lipinski definition) is 3. The van der Waals surface area contributed by atoms with Gasteiger partial charge in [-0.25, -0.2) is 0 Å². The second-order valence-corrected chi connectivity index (χ2v) is 4.47. The molecule has 0 fully saturated rings. The lowest BCUT2D eigenvalue weighted by Gasteiger charge is -2.12. The highest BCUT2D eigenvalue weighted by atomic mass is 16.5. The van der Waals surface area contributed by atoms with Crippen LogP contribution in [-0.4, -0.2) is 26.7 Å². The summed E-state index contributed by atoms with van der Waals surface area (Å²) in [5, 5.41) is 2.91. The zero-order chi connectivity index (χ0) is 14.3. The maximum absolute atomic E-state index is 12.0. The molecule has 4 heteroatoms. The van der Waals surface area contributed by atoms with E-state index in [1.54, 1.807) is 26.4 Å². The number of amides is 1. The van der Waals surface area contributed by atoms with Gasteiger partial charge in [0.05, 0.1) is 14.2 Å². The topological polar surface area (TPSA) is 47.6 Å². The Balaban J connectivity index is 2.79. The number of carbonyl (C=O) groups excluding carboxylic acids is 1. The molecule has 0 aliphatic heterocycles. The van der Waals surface area contributed by atoms with Crippen molar-refractivity contribution in [3.63, 3.8) is 0 Å². The number of hydrogen-bond donors (Lipinski definition) is 1. The summed E-state index contributed by atoms with van der Waals surface area (Å²) in [5.74, 6) is 1.24. The van der Waals surface area contributed by atoms with E-state index in [4.69, 9.17) is 9.47 Å². The van der Waals surface area contributed by atoms with Crippen LogP contribution in [0.2, 0.25) is 0 Å². The number of rotatable bonds is 7. The van der Waals surface area contributed by atoms with Gasteiger partial charge in [0.1, 0.15) is 11.5 Å². The molecule has 0 spiro atoms. The zero-order valence-corrected chi connectivity index (χ0v) is 12.2. The Morgan fingerprint density at radius 2 is 1.74 bits per heavy atom. The second-order valence-electron chi connectivity index (χ2n) is 4.47. The van der Waals surface area contributed by atoms with E-state index >= 15 is 0 Å². The van der Waals surface area contributed by atoms with Gasteiger partial charge in [-0.2, -0.15) is 0 Å². The Labute approximate surface area is 115 Å². The standard InChI is InChI=1S/C15H23NO3/c1-5-6-7-8-16-15(17)12-9-13(18-3)11(2)14(10-12)19-4/h9-10H,5-8H2,1-4H3,(H,16,17). The Morgan fingerprint density at radius 1 is 1.16 bits per heavy atom. The summed E-state index contributed by atoms with van der Waals surface area (Å²) in [6, 6.07) is 3.49. The molecule has 0 bridgehead atoms. The van der Waals surface area contributed by atoms with Crippen LogP contribution < -0.4 is 14.8 Å². The highest BCUT2D eigenvalue weighted by Gasteiger charge is 2.13.